The number of hydrogen-bond acceptors (Lipinski definition) is 8. The highest BCUT2D eigenvalue weighted by Gasteiger charge is 2.45. The molecule has 2 rings (SSSR count). The smallest absolute Gasteiger partial charge is 0.311 e. The van der Waals surface area contributed by atoms with Crippen LogP contribution in [0.1, 0.15) is 81.1 Å². The highest BCUT2D eigenvalue weighted by atomic mass is 16.6. The zero-order chi connectivity index (χ0) is 29.5. The van der Waals surface area contributed by atoms with Gasteiger partial charge < -0.3 is 29.5 Å². The molecule has 1 fully saturated rings. The summed E-state index contributed by atoms with van der Waals surface area (Å²) >= 11 is 0. The number of ether oxygens (including phenoxy) is 3. The third-order valence-corrected chi connectivity index (χ3v) is 8.13. The van der Waals surface area contributed by atoms with Crippen LogP contribution < -0.4 is 0 Å². The van der Waals surface area contributed by atoms with Crippen LogP contribution in [0.2, 0.25) is 0 Å². The van der Waals surface area contributed by atoms with Crippen LogP contribution in [-0.2, 0) is 23.8 Å². The topological polar surface area (TPSA) is 126 Å². The van der Waals surface area contributed by atoms with E-state index in [-0.39, 0.29) is 48.9 Å². The van der Waals surface area contributed by atoms with Crippen LogP contribution >= 0.6 is 0 Å². The van der Waals surface area contributed by atoms with E-state index in [1.807, 2.05) is 39.8 Å². The molecule has 0 amide bonds. The number of carbonyl (C=O) groups is 2. The average molecular weight is 551 g/mol. The van der Waals surface area contributed by atoms with Crippen LogP contribution in [0.25, 0.3) is 0 Å². The molecule has 0 saturated carbocycles. The van der Waals surface area contributed by atoms with Gasteiger partial charge >= 0.3 is 11.9 Å². The number of epoxide rings is 1. The van der Waals surface area contributed by atoms with Crippen molar-refractivity contribution in [3.63, 3.8) is 0 Å². The lowest BCUT2D eigenvalue weighted by Gasteiger charge is -2.33. The van der Waals surface area contributed by atoms with Crippen LogP contribution in [0.5, 0.6) is 0 Å². The molecule has 222 valence electrons. The van der Waals surface area contributed by atoms with Gasteiger partial charge in [0.2, 0.25) is 0 Å². The van der Waals surface area contributed by atoms with E-state index in [1.54, 1.807) is 26.0 Å². The Morgan fingerprint density at radius 2 is 1.92 bits per heavy atom. The number of cyclic esters (lactones) is 1. The maximum absolute atomic E-state index is 12.9. The van der Waals surface area contributed by atoms with Gasteiger partial charge in [-0.3, -0.25) is 9.59 Å². The van der Waals surface area contributed by atoms with Gasteiger partial charge in [-0.15, -0.1) is 0 Å². The van der Waals surface area contributed by atoms with Crippen LogP contribution in [0.15, 0.2) is 36.0 Å². The van der Waals surface area contributed by atoms with Gasteiger partial charge in [0.25, 0.3) is 0 Å². The zero-order valence-corrected chi connectivity index (χ0v) is 24.9. The largest absolute Gasteiger partial charge is 0.457 e. The van der Waals surface area contributed by atoms with E-state index in [0.717, 1.165) is 12.0 Å². The molecule has 11 atom stereocenters. The van der Waals surface area contributed by atoms with E-state index >= 15 is 0 Å². The summed E-state index contributed by atoms with van der Waals surface area (Å²) < 4.78 is 17.1. The molecule has 39 heavy (non-hydrogen) atoms. The fourth-order valence-corrected chi connectivity index (χ4v) is 5.10. The van der Waals surface area contributed by atoms with Crippen LogP contribution in [0.4, 0.5) is 0 Å². The van der Waals surface area contributed by atoms with Gasteiger partial charge in [-0.2, -0.15) is 0 Å². The zero-order valence-electron chi connectivity index (χ0n) is 24.9. The highest BCUT2D eigenvalue weighted by Crippen LogP contribution is 2.36. The number of aliphatic hydroxyl groups excluding tert-OH is 2. The maximum atomic E-state index is 12.9. The lowest BCUT2D eigenvalue weighted by atomic mass is 9.87. The number of aliphatic hydroxyl groups is 3. The summed E-state index contributed by atoms with van der Waals surface area (Å²) in [7, 11) is 0. The Morgan fingerprint density at radius 1 is 1.26 bits per heavy atom. The number of rotatable bonds is 9. The highest BCUT2D eigenvalue weighted by molar-refractivity contribution is 5.73. The van der Waals surface area contributed by atoms with E-state index in [2.05, 4.69) is 13.0 Å². The summed E-state index contributed by atoms with van der Waals surface area (Å²) in [6.07, 6.45) is 8.62. The standard InChI is InChI=1S/C31H50O8/c1-9-24(33)21(5)29-26(38-29)17-18(2)11-10-12-19(3)28-20(4)13-14-27(37-23(7)32)31(8,36)16-15-25(34)22(6)30(35)39-28/h10-14,18,20-22,24-29,33-34,36H,9,15-17H2,1-8H3/b11-10+,14-13+,19-12+. The van der Waals surface area contributed by atoms with Crippen molar-refractivity contribution >= 4 is 11.9 Å². The lowest BCUT2D eigenvalue weighted by molar-refractivity contribution is -0.159. The number of hydrogen-bond donors (Lipinski definition) is 3. The fraction of sp³-hybridized carbons (Fsp3) is 0.742. The number of allylic oxidation sites excluding steroid dienone is 3. The van der Waals surface area contributed by atoms with Gasteiger partial charge in [-0.1, -0.05) is 52.0 Å². The van der Waals surface area contributed by atoms with E-state index in [0.29, 0.717) is 6.42 Å². The predicted molar refractivity (Wildman–Crippen MR) is 150 cm³/mol. The van der Waals surface area contributed by atoms with Gasteiger partial charge in [0, 0.05) is 18.8 Å². The molecular weight excluding hydrogens is 500 g/mol. The quantitative estimate of drug-likeness (QED) is 0.168. The van der Waals surface area contributed by atoms with E-state index in [1.165, 1.54) is 6.92 Å². The second kappa shape index (κ2) is 14.6. The molecule has 11 unspecified atom stereocenters. The molecule has 0 aliphatic carbocycles. The molecule has 0 aromatic rings. The predicted octanol–water partition coefficient (Wildman–Crippen LogP) is 4.27. The molecule has 0 radical (unpaired) electrons. The second-order valence-corrected chi connectivity index (χ2v) is 11.9. The Bertz CT molecular complexity index is 906. The molecule has 8 nitrogen and oxygen atoms in total. The molecule has 2 aliphatic rings. The molecule has 0 bridgehead atoms. The number of esters is 2. The minimum atomic E-state index is -1.42. The molecule has 0 aromatic heterocycles. The summed E-state index contributed by atoms with van der Waals surface area (Å²) in [6, 6.07) is 0. The van der Waals surface area contributed by atoms with Crippen molar-refractivity contribution in [1.29, 1.82) is 0 Å². The first kappa shape index (κ1) is 33.2. The first-order chi connectivity index (χ1) is 18.2. The van der Waals surface area contributed by atoms with E-state index in [9.17, 15) is 24.9 Å². The first-order valence-electron chi connectivity index (χ1n) is 14.3. The molecule has 1 saturated heterocycles. The van der Waals surface area contributed by atoms with Crippen molar-refractivity contribution in [3.8, 4) is 0 Å². The molecule has 8 heteroatoms. The summed E-state index contributed by atoms with van der Waals surface area (Å²) in [5.74, 6) is -1.72. The van der Waals surface area contributed by atoms with Crippen molar-refractivity contribution in [2.75, 3.05) is 0 Å². The summed E-state index contributed by atoms with van der Waals surface area (Å²) in [5.41, 5.74) is -0.597. The van der Waals surface area contributed by atoms with E-state index < -0.39 is 41.8 Å². The van der Waals surface area contributed by atoms with Crippen LogP contribution in [0, 0.1) is 23.7 Å². The van der Waals surface area contributed by atoms with Crippen molar-refractivity contribution in [1.82, 2.24) is 0 Å². The van der Waals surface area contributed by atoms with Crippen molar-refractivity contribution in [2.45, 2.75) is 123 Å². The molecular formula is C31H50O8. The SMILES string of the molecule is CCC(O)C(C)C1OC1CC(C)/C=C/C=C(\C)C1OC(=O)C(C)C(O)CCC(C)(O)C(OC(C)=O)/C=C/C1C. The van der Waals surface area contributed by atoms with Crippen molar-refractivity contribution in [3.05, 3.63) is 36.0 Å². The van der Waals surface area contributed by atoms with E-state index in [4.69, 9.17) is 14.2 Å². The Balaban J connectivity index is 2.17. The van der Waals surface area contributed by atoms with Crippen molar-refractivity contribution < 1.29 is 39.1 Å². The monoisotopic (exact) mass is 550 g/mol. The van der Waals surface area contributed by atoms with Crippen molar-refractivity contribution in [2.24, 2.45) is 23.7 Å². The second-order valence-electron chi connectivity index (χ2n) is 11.9. The third-order valence-electron chi connectivity index (χ3n) is 8.13. The fourth-order valence-electron chi connectivity index (χ4n) is 5.10. The Kier molecular flexibility index (Phi) is 12.4. The van der Waals surface area contributed by atoms with Gasteiger partial charge in [-0.05, 0) is 64.0 Å². The molecule has 0 spiro atoms. The molecule has 2 heterocycles. The minimum absolute atomic E-state index is 0.102. The van der Waals surface area contributed by atoms with Gasteiger partial charge in [-0.25, -0.2) is 0 Å². The lowest BCUT2D eigenvalue weighted by Crippen LogP contribution is -2.43. The molecule has 3 N–H and O–H groups in total. The van der Waals surface area contributed by atoms with Gasteiger partial charge in [0.15, 0.2) is 0 Å². The maximum Gasteiger partial charge on any atom is 0.311 e. The van der Waals surface area contributed by atoms with Crippen LogP contribution in [0.3, 0.4) is 0 Å². The first-order valence-corrected chi connectivity index (χ1v) is 14.3. The average Bonchev–Trinajstić information content (AvgIpc) is 3.64. The Labute approximate surface area is 234 Å². The van der Waals surface area contributed by atoms with Crippen LogP contribution in [-0.4, -0.2) is 69.5 Å². The Hall–Kier alpha value is -2.00. The summed E-state index contributed by atoms with van der Waals surface area (Å²) in [4.78, 5) is 24.6. The third kappa shape index (κ3) is 9.85. The van der Waals surface area contributed by atoms with Gasteiger partial charge in [0.05, 0.1) is 30.3 Å². The Morgan fingerprint density at radius 3 is 2.54 bits per heavy atom. The summed E-state index contributed by atoms with van der Waals surface area (Å²) in [5, 5.41) is 31.7. The minimum Gasteiger partial charge on any atom is -0.457 e. The number of carbonyl (C=O) groups excluding carboxylic acids is 2. The normalized spacial score (nSPS) is 37.7. The van der Waals surface area contributed by atoms with Gasteiger partial charge in [0.1, 0.15) is 17.8 Å². The summed E-state index contributed by atoms with van der Waals surface area (Å²) in [6.45, 7) is 14.4. The molecule has 0 aromatic carbocycles. The molecule has 2 aliphatic heterocycles.